The molecule has 0 amide bonds. The van der Waals surface area contributed by atoms with Gasteiger partial charge >= 0.3 is 5.97 Å². The van der Waals surface area contributed by atoms with Crippen molar-refractivity contribution in [3.8, 4) is 0 Å². The summed E-state index contributed by atoms with van der Waals surface area (Å²) in [4.78, 5) is 16.3. The summed E-state index contributed by atoms with van der Waals surface area (Å²) in [5.41, 5.74) is 1.00. The van der Waals surface area contributed by atoms with Crippen molar-refractivity contribution < 1.29 is 9.90 Å². The van der Waals surface area contributed by atoms with Gasteiger partial charge in [-0.15, -0.1) is 6.58 Å². The largest absolute Gasteiger partial charge is 0.480 e. The second kappa shape index (κ2) is 5.93. The first kappa shape index (κ1) is 11.4. The van der Waals surface area contributed by atoms with Gasteiger partial charge in [0.15, 0.2) is 0 Å². The van der Waals surface area contributed by atoms with Gasteiger partial charge in [-0.3, -0.25) is 14.7 Å². The number of hydrogen-bond donors (Lipinski definition) is 1. The molecule has 0 spiro atoms. The summed E-state index contributed by atoms with van der Waals surface area (Å²) in [6, 6.07) is 3.76. The average molecular weight is 206 g/mol. The van der Waals surface area contributed by atoms with E-state index in [1.807, 2.05) is 12.1 Å². The van der Waals surface area contributed by atoms with Crippen LogP contribution in [0.2, 0.25) is 0 Å². The minimum atomic E-state index is -0.833. The quantitative estimate of drug-likeness (QED) is 0.709. The highest BCUT2D eigenvalue weighted by atomic mass is 16.4. The normalized spacial score (nSPS) is 10.2. The number of nitrogens with zero attached hydrogens (tertiary/aromatic N) is 2. The molecule has 0 aliphatic carbocycles. The van der Waals surface area contributed by atoms with E-state index in [1.165, 1.54) is 0 Å². The van der Waals surface area contributed by atoms with E-state index < -0.39 is 5.97 Å². The molecule has 1 rings (SSSR count). The molecule has 0 aliphatic heterocycles. The van der Waals surface area contributed by atoms with Gasteiger partial charge in [-0.2, -0.15) is 0 Å². The maximum Gasteiger partial charge on any atom is 0.317 e. The van der Waals surface area contributed by atoms with Gasteiger partial charge in [-0.25, -0.2) is 0 Å². The van der Waals surface area contributed by atoms with E-state index in [9.17, 15) is 4.79 Å². The predicted octanol–water partition coefficient (Wildman–Crippen LogP) is 1.15. The van der Waals surface area contributed by atoms with Crippen LogP contribution >= 0.6 is 0 Å². The van der Waals surface area contributed by atoms with E-state index in [0.29, 0.717) is 13.1 Å². The molecular weight excluding hydrogens is 192 g/mol. The lowest BCUT2D eigenvalue weighted by Crippen LogP contribution is -2.29. The van der Waals surface area contributed by atoms with Gasteiger partial charge in [0.25, 0.3) is 0 Å². The highest BCUT2D eigenvalue weighted by Crippen LogP contribution is 2.02. The molecule has 0 aliphatic rings. The summed E-state index contributed by atoms with van der Waals surface area (Å²) in [6.45, 7) is 4.75. The molecule has 80 valence electrons. The molecule has 0 fully saturated rings. The van der Waals surface area contributed by atoms with Crippen molar-refractivity contribution in [2.24, 2.45) is 0 Å². The minimum Gasteiger partial charge on any atom is -0.480 e. The summed E-state index contributed by atoms with van der Waals surface area (Å²) >= 11 is 0. The van der Waals surface area contributed by atoms with E-state index >= 15 is 0 Å². The fourth-order valence-corrected chi connectivity index (χ4v) is 1.31. The third-order valence-corrected chi connectivity index (χ3v) is 1.88. The highest BCUT2D eigenvalue weighted by molar-refractivity contribution is 5.69. The number of aliphatic carboxylic acids is 1. The van der Waals surface area contributed by atoms with Gasteiger partial charge in [0.1, 0.15) is 0 Å². The van der Waals surface area contributed by atoms with Crippen LogP contribution in [-0.4, -0.2) is 34.0 Å². The standard InChI is InChI=1S/C11H14N2O2/c1-2-6-13(9-11(14)15)8-10-4-3-5-12-7-10/h2-5,7H,1,6,8-9H2,(H,14,15). The fourth-order valence-electron chi connectivity index (χ4n) is 1.31. The molecule has 0 aromatic carbocycles. The number of aromatic nitrogens is 1. The Morgan fingerprint density at radius 1 is 1.67 bits per heavy atom. The van der Waals surface area contributed by atoms with Crippen molar-refractivity contribution in [1.82, 2.24) is 9.88 Å². The molecule has 0 radical (unpaired) electrons. The third-order valence-electron chi connectivity index (χ3n) is 1.88. The van der Waals surface area contributed by atoms with E-state index in [1.54, 1.807) is 23.4 Å². The SMILES string of the molecule is C=CCN(CC(=O)O)Cc1cccnc1. The van der Waals surface area contributed by atoms with Crippen molar-refractivity contribution in [1.29, 1.82) is 0 Å². The molecule has 0 atom stereocenters. The van der Waals surface area contributed by atoms with Crippen LogP contribution in [0.15, 0.2) is 37.2 Å². The molecule has 0 unspecified atom stereocenters. The van der Waals surface area contributed by atoms with E-state index in [-0.39, 0.29) is 6.54 Å². The Hall–Kier alpha value is -1.68. The molecule has 0 bridgehead atoms. The first-order valence-corrected chi connectivity index (χ1v) is 4.66. The lowest BCUT2D eigenvalue weighted by molar-refractivity contribution is -0.138. The van der Waals surface area contributed by atoms with Gasteiger partial charge in [0, 0.05) is 25.5 Å². The van der Waals surface area contributed by atoms with Gasteiger partial charge in [0.2, 0.25) is 0 Å². The average Bonchev–Trinajstić information content (AvgIpc) is 2.18. The summed E-state index contributed by atoms with van der Waals surface area (Å²) in [7, 11) is 0. The van der Waals surface area contributed by atoms with Gasteiger partial charge < -0.3 is 5.11 Å². The van der Waals surface area contributed by atoms with Crippen molar-refractivity contribution in [2.45, 2.75) is 6.54 Å². The van der Waals surface area contributed by atoms with Crippen LogP contribution in [-0.2, 0) is 11.3 Å². The zero-order valence-electron chi connectivity index (χ0n) is 8.47. The van der Waals surface area contributed by atoms with Crippen molar-refractivity contribution in [3.05, 3.63) is 42.7 Å². The maximum atomic E-state index is 10.6. The third kappa shape index (κ3) is 4.37. The minimum absolute atomic E-state index is 0.0148. The summed E-state index contributed by atoms with van der Waals surface area (Å²) in [5.74, 6) is -0.833. The second-order valence-electron chi connectivity index (χ2n) is 3.21. The van der Waals surface area contributed by atoms with Gasteiger partial charge in [-0.1, -0.05) is 12.1 Å². The highest BCUT2D eigenvalue weighted by Gasteiger charge is 2.08. The van der Waals surface area contributed by atoms with Crippen LogP contribution in [0, 0.1) is 0 Å². The summed E-state index contributed by atoms with van der Waals surface area (Å²) in [6.07, 6.45) is 5.12. The van der Waals surface area contributed by atoms with Crippen molar-refractivity contribution >= 4 is 5.97 Å². The number of carboxylic acids is 1. The Balaban J connectivity index is 2.58. The Morgan fingerprint density at radius 2 is 2.47 bits per heavy atom. The number of carboxylic acid groups (broad SMARTS) is 1. The Labute approximate surface area is 88.9 Å². The summed E-state index contributed by atoms with van der Waals surface area (Å²) < 4.78 is 0. The van der Waals surface area contributed by atoms with Crippen LogP contribution in [0.3, 0.4) is 0 Å². The topological polar surface area (TPSA) is 53.4 Å². The fraction of sp³-hybridized carbons (Fsp3) is 0.273. The van der Waals surface area contributed by atoms with Crippen LogP contribution in [0.4, 0.5) is 0 Å². The predicted molar refractivity (Wildman–Crippen MR) is 57.3 cm³/mol. The number of rotatable bonds is 6. The first-order valence-electron chi connectivity index (χ1n) is 4.66. The molecule has 0 saturated heterocycles. The molecule has 1 N–H and O–H groups in total. The zero-order valence-corrected chi connectivity index (χ0v) is 8.47. The lowest BCUT2D eigenvalue weighted by atomic mass is 10.2. The van der Waals surface area contributed by atoms with Crippen molar-refractivity contribution in [2.75, 3.05) is 13.1 Å². The van der Waals surface area contributed by atoms with Gasteiger partial charge in [-0.05, 0) is 11.6 Å². The van der Waals surface area contributed by atoms with Crippen LogP contribution in [0.1, 0.15) is 5.56 Å². The van der Waals surface area contributed by atoms with Crippen LogP contribution < -0.4 is 0 Å². The van der Waals surface area contributed by atoms with Crippen LogP contribution in [0.25, 0.3) is 0 Å². The van der Waals surface area contributed by atoms with E-state index in [4.69, 9.17) is 5.11 Å². The van der Waals surface area contributed by atoms with E-state index in [0.717, 1.165) is 5.56 Å². The molecule has 1 heterocycles. The van der Waals surface area contributed by atoms with Crippen LogP contribution in [0.5, 0.6) is 0 Å². The van der Waals surface area contributed by atoms with E-state index in [2.05, 4.69) is 11.6 Å². The smallest absolute Gasteiger partial charge is 0.317 e. The molecular formula is C11H14N2O2. The zero-order chi connectivity index (χ0) is 11.1. The first-order chi connectivity index (χ1) is 7.22. The molecule has 0 saturated carbocycles. The second-order valence-corrected chi connectivity index (χ2v) is 3.21. The van der Waals surface area contributed by atoms with Crippen molar-refractivity contribution in [3.63, 3.8) is 0 Å². The number of hydrogen-bond acceptors (Lipinski definition) is 3. The molecule has 4 nitrogen and oxygen atoms in total. The number of pyridine rings is 1. The van der Waals surface area contributed by atoms with Gasteiger partial charge in [0.05, 0.1) is 6.54 Å². The Bertz CT molecular complexity index is 325. The molecule has 1 aromatic rings. The Morgan fingerprint density at radius 3 is 3.00 bits per heavy atom. The summed E-state index contributed by atoms with van der Waals surface area (Å²) in [5, 5.41) is 8.70. The lowest BCUT2D eigenvalue weighted by Gasteiger charge is -2.17. The Kier molecular flexibility index (Phi) is 4.50. The maximum absolute atomic E-state index is 10.6. The molecule has 15 heavy (non-hydrogen) atoms. The molecule has 1 aromatic heterocycles. The number of carbonyl (C=O) groups is 1. The monoisotopic (exact) mass is 206 g/mol. The molecule has 4 heteroatoms.